The Morgan fingerprint density at radius 3 is 2.81 bits per heavy atom. The van der Waals surface area contributed by atoms with Gasteiger partial charge in [-0.05, 0) is 18.6 Å². The molecule has 0 saturated carbocycles. The highest BCUT2D eigenvalue weighted by atomic mass is 32.1. The van der Waals surface area contributed by atoms with Gasteiger partial charge >= 0.3 is 5.97 Å². The number of aromatic carboxylic acids is 1. The number of para-hydroxylation sites is 1. The first kappa shape index (κ1) is 10.6. The molecule has 2 N–H and O–H groups in total. The number of aryl methyl sites for hydroxylation is 1. The third-order valence-corrected chi connectivity index (χ3v) is 3.00. The largest absolute Gasteiger partial charge is 0.477 e. The third kappa shape index (κ3) is 2.20. The van der Waals surface area contributed by atoms with Crippen LogP contribution in [-0.2, 0) is 0 Å². The van der Waals surface area contributed by atoms with Crippen LogP contribution in [0.2, 0.25) is 0 Å². The molecule has 4 nitrogen and oxygen atoms in total. The van der Waals surface area contributed by atoms with Crippen molar-refractivity contribution in [2.45, 2.75) is 6.92 Å². The molecule has 0 unspecified atom stereocenters. The summed E-state index contributed by atoms with van der Waals surface area (Å²) in [5.74, 6) is -0.949. The van der Waals surface area contributed by atoms with E-state index in [1.54, 1.807) is 0 Å². The van der Waals surface area contributed by atoms with Gasteiger partial charge in [-0.25, -0.2) is 9.78 Å². The van der Waals surface area contributed by atoms with Gasteiger partial charge in [0.2, 0.25) is 0 Å². The molecule has 0 fully saturated rings. The number of aromatic nitrogens is 1. The van der Waals surface area contributed by atoms with Gasteiger partial charge in [0, 0.05) is 5.69 Å². The molecule has 0 saturated heterocycles. The van der Waals surface area contributed by atoms with Crippen molar-refractivity contribution in [2.24, 2.45) is 0 Å². The van der Waals surface area contributed by atoms with Crippen LogP contribution in [0.25, 0.3) is 0 Å². The number of anilines is 2. The summed E-state index contributed by atoms with van der Waals surface area (Å²) in [7, 11) is 0. The number of rotatable bonds is 3. The average Bonchev–Trinajstić information content (AvgIpc) is 2.70. The standard InChI is InChI=1S/C11H10N2O2S/c1-7-4-2-3-5-8(7)13-11-12-6-9(16-11)10(14)15/h2-6H,1H3,(H,12,13)(H,14,15). The first-order chi connectivity index (χ1) is 7.66. The molecule has 0 radical (unpaired) electrons. The van der Waals surface area contributed by atoms with Crippen LogP contribution in [0.3, 0.4) is 0 Å². The number of carboxylic acid groups (broad SMARTS) is 1. The van der Waals surface area contributed by atoms with E-state index in [0.29, 0.717) is 5.13 Å². The number of benzene rings is 1. The summed E-state index contributed by atoms with van der Waals surface area (Å²) in [6.07, 6.45) is 1.35. The summed E-state index contributed by atoms with van der Waals surface area (Å²) in [6, 6.07) is 7.78. The van der Waals surface area contributed by atoms with Gasteiger partial charge < -0.3 is 10.4 Å². The molecule has 16 heavy (non-hydrogen) atoms. The average molecular weight is 234 g/mol. The van der Waals surface area contributed by atoms with E-state index in [9.17, 15) is 4.79 Å². The zero-order valence-corrected chi connectivity index (χ0v) is 9.41. The predicted octanol–water partition coefficient (Wildman–Crippen LogP) is 2.89. The Bertz CT molecular complexity index is 522. The van der Waals surface area contributed by atoms with E-state index in [-0.39, 0.29) is 4.88 Å². The van der Waals surface area contributed by atoms with Crippen molar-refractivity contribution in [1.82, 2.24) is 4.98 Å². The number of hydrogen-bond acceptors (Lipinski definition) is 4. The van der Waals surface area contributed by atoms with Crippen LogP contribution in [0.1, 0.15) is 15.2 Å². The van der Waals surface area contributed by atoms with E-state index in [2.05, 4.69) is 10.3 Å². The zero-order chi connectivity index (χ0) is 11.5. The maximum Gasteiger partial charge on any atom is 0.347 e. The smallest absolute Gasteiger partial charge is 0.347 e. The third-order valence-electron chi connectivity index (χ3n) is 2.10. The lowest BCUT2D eigenvalue weighted by molar-refractivity contribution is 0.0702. The molecule has 0 amide bonds. The van der Waals surface area contributed by atoms with Crippen molar-refractivity contribution in [3.63, 3.8) is 0 Å². The van der Waals surface area contributed by atoms with E-state index in [1.165, 1.54) is 6.20 Å². The molecule has 0 spiro atoms. The monoisotopic (exact) mass is 234 g/mol. The van der Waals surface area contributed by atoms with Crippen molar-refractivity contribution in [1.29, 1.82) is 0 Å². The summed E-state index contributed by atoms with van der Waals surface area (Å²) >= 11 is 1.12. The van der Waals surface area contributed by atoms with Crippen molar-refractivity contribution in [3.05, 3.63) is 40.9 Å². The summed E-state index contributed by atoms with van der Waals surface area (Å²) in [5, 5.41) is 12.4. The second-order valence-electron chi connectivity index (χ2n) is 3.27. The van der Waals surface area contributed by atoms with E-state index >= 15 is 0 Å². The molecule has 2 rings (SSSR count). The van der Waals surface area contributed by atoms with Crippen LogP contribution >= 0.6 is 11.3 Å². The van der Waals surface area contributed by atoms with Gasteiger partial charge in [-0.1, -0.05) is 29.5 Å². The molecule has 1 aromatic carbocycles. The first-order valence-corrected chi connectivity index (χ1v) is 5.50. The Morgan fingerprint density at radius 1 is 1.44 bits per heavy atom. The van der Waals surface area contributed by atoms with Crippen molar-refractivity contribution in [2.75, 3.05) is 5.32 Å². The lowest BCUT2D eigenvalue weighted by Crippen LogP contribution is -1.91. The van der Waals surface area contributed by atoms with Gasteiger partial charge in [0.25, 0.3) is 0 Å². The SMILES string of the molecule is Cc1ccccc1Nc1ncc(C(=O)O)s1. The van der Waals surface area contributed by atoms with Crippen LogP contribution in [-0.4, -0.2) is 16.1 Å². The Morgan fingerprint density at radius 2 is 2.19 bits per heavy atom. The number of hydrogen-bond donors (Lipinski definition) is 2. The van der Waals surface area contributed by atoms with E-state index in [0.717, 1.165) is 22.6 Å². The minimum atomic E-state index is -0.949. The van der Waals surface area contributed by atoms with Gasteiger partial charge in [0.15, 0.2) is 5.13 Å². The van der Waals surface area contributed by atoms with Crippen LogP contribution in [0.5, 0.6) is 0 Å². The van der Waals surface area contributed by atoms with Crippen LogP contribution in [0, 0.1) is 6.92 Å². The summed E-state index contributed by atoms with van der Waals surface area (Å²) in [4.78, 5) is 14.9. The van der Waals surface area contributed by atoms with Gasteiger partial charge in [0.1, 0.15) is 4.88 Å². The molecule has 2 aromatic rings. The number of carboxylic acids is 1. The quantitative estimate of drug-likeness (QED) is 0.857. The normalized spacial score (nSPS) is 10.1. The minimum absolute atomic E-state index is 0.232. The van der Waals surface area contributed by atoms with Crippen molar-refractivity contribution < 1.29 is 9.90 Å². The molecule has 0 atom stereocenters. The maximum absolute atomic E-state index is 10.7. The summed E-state index contributed by atoms with van der Waals surface area (Å²) < 4.78 is 0. The van der Waals surface area contributed by atoms with Crippen molar-refractivity contribution >= 4 is 28.1 Å². The fourth-order valence-electron chi connectivity index (χ4n) is 1.26. The van der Waals surface area contributed by atoms with Gasteiger partial charge in [-0.15, -0.1) is 0 Å². The van der Waals surface area contributed by atoms with E-state index in [1.807, 2.05) is 31.2 Å². The molecule has 0 aliphatic heterocycles. The van der Waals surface area contributed by atoms with E-state index < -0.39 is 5.97 Å². The highest BCUT2D eigenvalue weighted by Gasteiger charge is 2.08. The molecule has 0 aliphatic rings. The fraction of sp³-hybridized carbons (Fsp3) is 0.0909. The van der Waals surface area contributed by atoms with E-state index in [4.69, 9.17) is 5.11 Å². The number of nitrogens with zero attached hydrogens (tertiary/aromatic N) is 1. The summed E-state index contributed by atoms with van der Waals surface area (Å²) in [5.41, 5.74) is 2.03. The molecular weight excluding hydrogens is 224 g/mol. The topological polar surface area (TPSA) is 62.2 Å². The van der Waals surface area contributed by atoms with Crippen LogP contribution < -0.4 is 5.32 Å². The maximum atomic E-state index is 10.7. The van der Waals surface area contributed by atoms with Crippen LogP contribution in [0.15, 0.2) is 30.5 Å². The van der Waals surface area contributed by atoms with Gasteiger partial charge in [0.05, 0.1) is 6.20 Å². The molecule has 0 bridgehead atoms. The van der Waals surface area contributed by atoms with Gasteiger partial charge in [-0.3, -0.25) is 0 Å². The molecule has 82 valence electrons. The number of carbonyl (C=O) groups is 1. The minimum Gasteiger partial charge on any atom is -0.477 e. The Kier molecular flexibility index (Phi) is 2.87. The number of nitrogens with one attached hydrogen (secondary N) is 1. The number of thiazole rings is 1. The second kappa shape index (κ2) is 4.32. The first-order valence-electron chi connectivity index (χ1n) is 4.68. The Balaban J connectivity index is 2.21. The molecule has 5 heteroatoms. The Hall–Kier alpha value is -1.88. The second-order valence-corrected chi connectivity index (χ2v) is 4.31. The molecule has 1 heterocycles. The summed E-state index contributed by atoms with van der Waals surface area (Å²) in [6.45, 7) is 1.98. The molecule has 0 aliphatic carbocycles. The molecule has 1 aromatic heterocycles. The zero-order valence-electron chi connectivity index (χ0n) is 8.60. The van der Waals surface area contributed by atoms with Crippen molar-refractivity contribution in [3.8, 4) is 0 Å². The lowest BCUT2D eigenvalue weighted by atomic mass is 10.2. The van der Waals surface area contributed by atoms with Crippen LogP contribution in [0.4, 0.5) is 10.8 Å². The highest BCUT2D eigenvalue weighted by Crippen LogP contribution is 2.24. The lowest BCUT2D eigenvalue weighted by Gasteiger charge is -2.04. The highest BCUT2D eigenvalue weighted by molar-refractivity contribution is 7.17. The van der Waals surface area contributed by atoms with Gasteiger partial charge in [-0.2, -0.15) is 0 Å². The fourth-order valence-corrected chi connectivity index (χ4v) is 1.93. The Labute approximate surface area is 96.6 Å². The predicted molar refractivity (Wildman–Crippen MR) is 63.5 cm³/mol. The molecular formula is C11H10N2O2S.